The van der Waals surface area contributed by atoms with Crippen LogP contribution in [0.2, 0.25) is 0 Å². The Balaban J connectivity index is 1.66. The minimum absolute atomic E-state index is 0.131. The van der Waals surface area contributed by atoms with Gasteiger partial charge in [-0.25, -0.2) is 0 Å². The lowest BCUT2D eigenvalue weighted by Gasteiger charge is -2.59. The summed E-state index contributed by atoms with van der Waals surface area (Å²) in [5.74, 6) is 0.927. The molecule has 4 rings (SSSR count). The summed E-state index contributed by atoms with van der Waals surface area (Å²) in [6.45, 7) is 4.49. The second kappa shape index (κ2) is 5.42. The van der Waals surface area contributed by atoms with Gasteiger partial charge in [0.15, 0.2) is 5.78 Å². The number of aliphatic hydroxyl groups is 1. The summed E-state index contributed by atoms with van der Waals surface area (Å²) >= 11 is 0. The molecule has 4 aliphatic rings. The predicted octanol–water partition coefficient (Wildman–Crippen LogP) is 3.72. The van der Waals surface area contributed by atoms with Crippen LogP contribution in [0.3, 0.4) is 0 Å². The molecule has 3 fully saturated rings. The molecule has 0 amide bonds. The number of hydrogen-bond acceptors (Lipinski definition) is 3. The van der Waals surface area contributed by atoms with Crippen LogP contribution in [-0.2, 0) is 9.59 Å². The normalized spacial score (nSPS) is 49.0. The minimum Gasteiger partial charge on any atom is -0.481 e. The van der Waals surface area contributed by atoms with Gasteiger partial charge in [0.25, 0.3) is 0 Å². The Hall–Kier alpha value is -1.16. The number of carbonyl (C=O) groups excluding carboxylic acids is 1. The van der Waals surface area contributed by atoms with Crippen LogP contribution in [0.1, 0.15) is 71.6 Å². The second-order valence-corrected chi connectivity index (χ2v) is 9.57. The van der Waals surface area contributed by atoms with Crippen molar-refractivity contribution in [2.24, 2.45) is 28.6 Å². The van der Waals surface area contributed by atoms with Crippen molar-refractivity contribution < 1.29 is 19.8 Å². The lowest BCUT2D eigenvalue weighted by molar-refractivity contribution is -0.158. The maximum Gasteiger partial charge on any atom is 0.306 e. The number of hydrogen-bond donors (Lipinski definition) is 2. The Labute approximate surface area is 149 Å². The highest BCUT2D eigenvalue weighted by Gasteiger charge is 2.64. The first-order valence-corrected chi connectivity index (χ1v) is 9.88. The minimum atomic E-state index is -1.06. The van der Waals surface area contributed by atoms with E-state index in [1.165, 1.54) is 5.57 Å². The highest BCUT2D eigenvalue weighted by atomic mass is 16.4. The van der Waals surface area contributed by atoms with Gasteiger partial charge in [0, 0.05) is 6.42 Å². The monoisotopic (exact) mass is 346 g/mol. The van der Waals surface area contributed by atoms with Crippen LogP contribution in [0, 0.1) is 28.6 Å². The summed E-state index contributed by atoms with van der Waals surface area (Å²) in [5.41, 5.74) is 0.140. The maximum atomic E-state index is 11.9. The van der Waals surface area contributed by atoms with Crippen molar-refractivity contribution in [1.29, 1.82) is 0 Å². The van der Waals surface area contributed by atoms with Crippen molar-refractivity contribution in [2.45, 2.75) is 77.2 Å². The Morgan fingerprint density at radius 2 is 1.84 bits per heavy atom. The molecule has 0 radical (unpaired) electrons. The average molecular weight is 346 g/mol. The highest BCUT2D eigenvalue weighted by molar-refractivity contribution is 5.91. The van der Waals surface area contributed by atoms with Gasteiger partial charge in [-0.05, 0) is 79.6 Å². The largest absolute Gasteiger partial charge is 0.481 e. The van der Waals surface area contributed by atoms with Crippen molar-refractivity contribution in [2.75, 3.05) is 0 Å². The van der Waals surface area contributed by atoms with Gasteiger partial charge in [-0.1, -0.05) is 19.4 Å². The zero-order valence-electron chi connectivity index (χ0n) is 15.4. The number of carboxylic acids is 1. The standard InChI is InChI=1S/C21H30O4/c1-19-8-5-14(22)11-13(19)3-4-15-16(19)6-9-20(2)17(15)7-10-21(20,25)12-18(23)24/h11,15-17,25H,3-10,12H2,1-2H3,(H,23,24)/t15-,16-,17+,19+,20+,21?/m1/s1. The first-order valence-electron chi connectivity index (χ1n) is 9.88. The zero-order chi connectivity index (χ0) is 18.0. The van der Waals surface area contributed by atoms with Gasteiger partial charge in [0.2, 0.25) is 0 Å². The van der Waals surface area contributed by atoms with E-state index in [9.17, 15) is 19.8 Å². The number of rotatable bonds is 2. The molecule has 25 heavy (non-hydrogen) atoms. The molecular formula is C21H30O4. The van der Waals surface area contributed by atoms with Crippen LogP contribution in [0.15, 0.2) is 11.6 Å². The molecule has 4 nitrogen and oxygen atoms in total. The van der Waals surface area contributed by atoms with Crippen LogP contribution in [0.5, 0.6) is 0 Å². The smallest absolute Gasteiger partial charge is 0.306 e. The number of ketones is 1. The van der Waals surface area contributed by atoms with E-state index in [1.807, 2.05) is 6.08 Å². The van der Waals surface area contributed by atoms with Crippen LogP contribution in [0.25, 0.3) is 0 Å². The van der Waals surface area contributed by atoms with E-state index in [1.54, 1.807) is 0 Å². The third kappa shape index (κ3) is 2.29. The Bertz CT molecular complexity index is 652. The molecule has 0 aromatic heterocycles. The topological polar surface area (TPSA) is 74.6 Å². The number of fused-ring (bicyclic) bond motifs is 5. The quantitative estimate of drug-likeness (QED) is 0.799. The maximum absolute atomic E-state index is 11.9. The Morgan fingerprint density at radius 1 is 1.12 bits per heavy atom. The molecule has 3 saturated carbocycles. The van der Waals surface area contributed by atoms with Crippen molar-refractivity contribution >= 4 is 11.8 Å². The summed E-state index contributed by atoms with van der Waals surface area (Å²) in [5, 5.41) is 20.5. The fraction of sp³-hybridized carbons (Fsp3) is 0.810. The molecule has 0 heterocycles. The molecular weight excluding hydrogens is 316 g/mol. The lowest BCUT2D eigenvalue weighted by Crippen LogP contribution is -2.55. The summed E-state index contributed by atoms with van der Waals surface area (Å²) in [6.07, 6.45) is 8.99. The van der Waals surface area contributed by atoms with Crippen molar-refractivity contribution in [3.63, 3.8) is 0 Å². The van der Waals surface area contributed by atoms with Crippen LogP contribution < -0.4 is 0 Å². The molecule has 4 aliphatic carbocycles. The Morgan fingerprint density at radius 3 is 2.56 bits per heavy atom. The van der Waals surface area contributed by atoms with Gasteiger partial charge < -0.3 is 10.2 Å². The molecule has 2 N–H and O–H groups in total. The first-order chi connectivity index (χ1) is 11.7. The van der Waals surface area contributed by atoms with Crippen LogP contribution >= 0.6 is 0 Å². The Kier molecular flexibility index (Phi) is 3.74. The van der Waals surface area contributed by atoms with E-state index in [-0.39, 0.29) is 23.0 Å². The van der Waals surface area contributed by atoms with Gasteiger partial charge in [-0.15, -0.1) is 0 Å². The molecule has 4 heteroatoms. The van der Waals surface area contributed by atoms with E-state index >= 15 is 0 Å². The number of aliphatic carboxylic acids is 1. The molecule has 0 aliphatic heterocycles. The van der Waals surface area contributed by atoms with Gasteiger partial charge in [0.05, 0.1) is 12.0 Å². The second-order valence-electron chi connectivity index (χ2n) is 9.57. The molecule has 0 saturated heterocycles. The summed E-state index contributed by atoms with van der Waals surface area (Å²) in [4.78, 5) is 23.2. The zero-order valence-corrected chi connectivity index (χ0v) is 15.4. The number of carbonyl (C=O) groups is 2. The molecule has 1 unspecified atom stereocenters. The van der Waals surface area contributed by atoms with E-state index < -0.39 is 11.6 Å². The predicted molar refractivity (Wildman–Crippen MR) is 93.9 cm³/mol. The van der Waals surface area contributed by atoms with E-state index in [4.69, 9.17) is 0 Å². The lowest BCUT2D eigenvalue weighted by atomic mass is 9.46. The van der Waals surface area contributed by atoms with Crippen molar-refractivity contribution in [3.05, 3.63) is 11.6 Å². The van der Waals surface area contributed by atoms with Crippen LogP contribution in [-0.4, -0.2) is 27.6 Å². The van der Waals surface area contributed by atoms with Gasteiger partial charge in [-0.2, -0.15) is 0 Å². The van der Waals surface area contributed by atoms with Crippen molar-refractivity contribution in [3.8, 4) is 0 Å². The number of carboxylic acid groups (broad SMARTS) is 1. The SMILES string of the molecule is C[C@]12CCC(=O)C=C1CC[C@@H]1[C@H]2CC[C@@]2(C)[C@H]1CCC2(O)CC(=O)O. The van der Waals surface area contributed by atoms with Gasteiger partial charge in [0.1, 0.15) is 0 Å². The fourth-order valence-corrected chi connectivity index (χ4v) is 7.21. The molecule has 6 atom stereocenters. The van der Waals surface area contributed by atoms with Gasteiger partial charge >= 0.3 is 5.97 Å². The fourth-order valence-electron chi connectivity index (χ4n) is 7.21. The highest BCUT2D eigenvalue weighted by Crippen LogP contribution is 2.67. The molecule has 138 valence electrons. The molecule has 0 aromatic carbocycles. The third-order valence-corrected chi connectivity index (χ3v) is 8.73. The first kappa shape index (κ1) is 17.3. The van der Waals surface area contributed by atoms with Gasteiger partial charge in [-0.3, -0.25) is 9.59 Å². The van der Waals surface area contributed by atoms with E-state index in [0.29, 0.717) is 30.6 Å². The molecule has 0 aromatic rings. The summed E-state index contributed by atoms with van der Waals surface area (Å²) in [7, 11) is 0. The molecule has 0 spiro atoms. The summed E-state index contributed by atoms with van der Waals surface area (Å²) in [6, 6.07) is 0. The third-order valence-electron chi connectivity index (χ3n) is 8.73. The van der Waals surface area contributed by atoms with E-state index in [0.717, 1.165) is 38.5 Å². The average Bonchev–Trinajstić information content (AvgIpc) is 2.79. The summed E-state index contributed by atoms with van der Waals surface area (Å²) < 4.78 is 0. The van der Waals surface area contributed by atoms with E-state index in [2.05, 4.69) is 13.8 Å². The number of allylic oxidation sites excluding steroid dienone is 1. The van der Waals surface area contributed by atoms with Crippen LogP contribution in [0.4, 0.5) is 0 Å². The molecule has 0 bridgehead atoms. The van der Waals surface area contributed by atoms with Crippen molar-refractivity contribution in [1.82, 2.24) is 0 Å².